The third-order valence-corrected chi connectivity index (χ3v) is 28.9. The van der Waals surface area contributed by atoms with Gasteiger partial charge in [-0.25, -0.2) is 19.0 Å². The highest BCUT2D eigenvalue weighted by Crippen LogP contribution is 2.40. The van der Waals surface area contributed by atoms with Crippen LogP contribution in [0.3, 0.4) is 0 Å². The summed E-state index contributed by atoms with van der Waals surface area (Å²) in [5, 5.41) is 50.0. The number of imidazole rings is 1. The number of pyridine rings is 5. The van der Waals surface area contributed by atoms with Crippen LogP contribution in [-0.2, 0) is 104 Å². The molecule has 0 amide bonds. The largest absolute Gasteiger partial charge is 0.348 e. The van der Waals surface area contributed by atoms with Crippen LogP contribution in [0.1, 0.15) is 319 Å². The first-order valence-electron chi connectivity index (χ1n) is 51.5. The molecule has 5 atom stereocenters. The predicted molar refractivity (Wildman–Crippen MR) is 538 cm³/mol. The van der Waals surface area contributed by atoms with Crippen LogP contribution in [0.5, 0.6) is 0 Å². The minimum Gasteiger partial charge on any atom is -0.348 e. The monoisotopic (exact) mass is 1850 g/mol. The van der Waals surface area contributed by atoms with Gasteiger partial charge in [0.2, 0.25) is 0 Å². The van der Waals surface area contributed by atoms with Crippen LogP contribution >= 0.6 is 0 Å². The zero-order valence-corrected chi connectivity index (χ0v) is 82.5. The maximum absolute atomic E-state index is 4.77. The van der Waals surface area contributed by atoms with Gasteiger partial charge < -0.3 is 4.98 Å². The summed E-state index contributed by atoms with van der Waals surface area (Å²) in [6.45, 7) is 20.5. The van der Waals surface area contributed by atoms with E-state index in [9.17, 15) is 0 Å². The lowest BCUT2D eigenvalue weighted by Gasteiger charge is -2.34. The molecular weight excluding hydrogens is 1700 g/mol. The highest BCUT2D eigenvalue weighted by atomic mass is 15.4. The van der Waals surface area contributed by atoms with Gasteiger partial charge >= 0.3 is 0 Å². The Morgan fingerprint density at radius 2 is 0.752 bits per heavy atom. The van der Waals surface area contributed by atoms with E-state index in [4.69, 9.17) is 15.0 Å². The number of aromatic amines is 3. The van der Waals surface area contributed by atoms with Gasteiger partial charge in [-0.15, -0.1) is 15.3 Å². The molecule has 0 radical (unpaired) electrons. The molecule has 28 nitrogen and oxygen atoms in total. The van der Waals surface area contributed by atoms with Crippen LogP contribution in [0.15, 0.2) is 195 Å². The van der Waals surface area contributed by atoms with Gasteiger partial charge in [-0.1, -0.05) is 190 Å². The van der Waals surface area contributed by atoms with Crippen molar-refractivity contribution in [2.75, 3.05) is 47.3 Å². The van der Waals surface area contributed by atoms with E-state index in [2.05, 4.69) is 282 Å². The van der Waals surface area contributed by atoms with E-state index >= 15 is 0 Å². The summed E-state index contributed by atoms with van der Waals surface area (Å²) in [7, 11) is 6.55. The molecule has 5 unspecified atom stereocenters. The van der Waals surface area contributed by atoms with Crippen LogP contribution in [0.2, 0.25) is 0 Å². The molecule has 0 spiro atoms. The Morgan fingerprint density at radius 3 is 1.16 bits per heavy atom. The smallest absolute Gasteiger partial charge is 0.120 e. The zero-order valence-electron chi connectivity index (χ0n) is 82.5. The number of allylic oxidation sites excluding steroid dienone is 2. The number of hydrogen-bond donors (Lipinski definition) is 3. The quantitative estimate of drug-likeness (QED) is 0.0246. The number of hydrogen-bond acceptors (Lipinski definition) is 22. The number of H-pyrrole nitrogens is 3. The summed E-state index contributed by atoms with van der Waals surface area (Å²) in [4.78, 5) is 45.9. The van der Waals surface area contributed by atoms with Crippen molar-refractivity contribution >= 4 is 0 Å². The number of rotatable bonds is 35. The van der Waals surface area contributed by atoms with Gasteiger partial charge in [0.1, 0.15) is 5.82 Å². The van der Waals surface area contributed by atoms with Crippen molar-refractivity contribution in [2.24, 2.45) is 11.8 Å². The van der Waals surface area contributed by atoms with Gasteiger partial charge in [-0.05, 0) is 277 Å². The molecule has 1 aliphatic heterocycles. The average Bonchev–Trinajstić information content (AvgIpc) is 1.75. The second-order valence-electron chi connectivity index (χ2n) is 39.5. The lowest BCUT2D eigenvalue weighted by molar-refractivity contribution is 0.160. The Hall–Kier alpha value is -11.4. The van der Waals surface area contributed by atoms with Crippen molar-refractivity contribution in [2.45, 2.75) is 309 Å². The van der Waals surface area contributed by atoms with E-state index in [0.717, 1.165) is 189 Å². The highest BCUT2D eigenvalue weighted by molar-refractivity contribution is 5.31. The van der Waals surface area contributed by atoms with Crippen molar-refractivity contribution in [3.05, 3.63) is 308 Å². The van der Waals surface area contributed by atoms with Crippen molar-refractivity contribution < 1.29 is 0 Å². The molecule has 11 aromatic heterocycles. The maximum Gasteiger partial charge on any atom is 0.120 e. The van der Waals surface area contributed by atoms with E-state index in [-0.39, 0.29) is 0 Å². The predicted octanol–water partition coefficient (Wildman–Crippen LogP) is 19.4. The molecule has 13 aromatic rings. The van der Waals surface area contributed by atoms with Gasteiger partial charge in [0.15, 0.2) is 0 Å². The van der Waals surface area contributed by atoms with Crippen LogP contribution in [0.4, 0.5) is 0 Å². The van der Waals surface area contributed by atoms with Gasteiger partial charge in [0.05, 0.1) is 143 Å². The Balaban J connectivity index is 0.000000124. The van der Waals surface area contributed by atoms with Crippen LogP contribution in [0.25, 0.3) is 0 Å². The fourth-order valence-electron chi connectivity index (χ4n) is 21.5. The van der Waals surface area contributed by atoms with Gasteiger partial charge in [-0.3, -0.25) is 54.3 Å². The lowest BCUT2D eigenvalue weighted by Crippen LogP contribution is -2.34. The van der Waals surface area contributed by atoms with Crippen molar-refractivity contribution in [3.63, 3.8) is 0 Å². The Labute approximate surface area is 812 Å². The summed E-state index contributed by atoms with van der Waals surface area (Å²) in [6.07, 6.45) is 58.3. The SMILES string of the molecule is CCCCCN(Cc1cn(CC=C(C)C)nn1)C1CCCc2cccnc21.CCCCCN(Cc1cn(Cc2ccccc2)nn1)C1CCCc2cccnc21.CN(Cc1cn(Cc2ccccc2)nn1)C1CCCc2cccnc21.CN(Cc1n[nH]nc1CC1CCCCC1)C1CCCc2cccnc21.CN(Cc1n[nH]nc1CC1CCN(Cc2ncc[nH]2)CC1)C1CCCc2cccnc21. The molecule has 6 aliphatic carbocycles. The zero-order chi connectivity index (χ0) is 94.1. The third-order valence-electron chi connectivity index (χ3n) is 28.9. The van der Waals surface area contributed by atoms with Crippen molar-refractivity contribution in [1.29, 1.82) is 0 Å². The summed E-state index contributed by atoms with van der Waals surface area (Å²) < 4.78 is 5.78. The molecule has 1 saturated carbocycles. The number of aromatic nitrogens is 22. The second kappa shape index (κ2) is 51.3. The van der Waals surface area contributed by atoms with E-state index in [1.54, 1.807) is 0 Å². The Bertz CT molecular complexity index is 5720. The van der Waals surface area contributed by atoms with Crippen molar-refractivity contribution in [3.8, 4) is 0 Å². The standard InChI is InChI=1S/C24H31N5.C23H32N8.C22H33N5.C20H23N5.C20H29N5/c1-2-3-7-16-28(23-14-8-12-21-13-9-15-25-24(21)23)18-22-19-29(27-26-22)17-20-10-5-4-6-11-20;1-30(21-6-2-4-18-5-3-9-26-23(18)21)15-20-19(27-29-28-20)14-17-7-12-31(13-8-17)16-22-24-10-11-25-22;1-4-5-6-14-26(16-20-17-27(25-24-20)15-12-18(2)3)21-11-7-9-19-10-8-13-23-22(19)21;1-24(19-11-5-9-17-10-6-12-21-20(17)19)14-18-15-25(23-22-18)13-16-7-3-2-4-8-16;1-25(19-11-5-9-16-10-6-12-21-20(16)19)14-18-17(22-24-23-18)13-15-7-3-2-4-8-15/h4-6,9-11,13,15,19,23H,2-3,7-8,12,14,16-18H2,1H3;3,5,9-11,17,21H,2,4,6-8,12-16H2,1H3,(H,24,25)(H,27,28,29);8,10,12-13,17,21H,4-7,9,11,14-16H2,1-3H3;2-4,6-8,10,12,15,19H,5,9,11,13-14H2,1H3;6,10,12,15,19H,2-5,7-9,11,13-14H2,1H3,(H,22,23,24). The second-order valence-corrected chi connectivity index (χ2v) is 39.5. The molecule has 7 aliphatic rings. The molecule has 137 heavy (non-hydrogen) atoms. The van der Waals surface area contributed by atoms with Gasteiger partial charge in [0, 0.05) is 76.1 Å². The summed E-state index contributed by atoms with van der Waals surface area (Å²) >= 11 is 0. The van der Waals surface area contributed by atoms with E-state index in [0.29, 0.717) is 36.1 Å². The van der Waals surface area contributed by atoms with Crippen LogP contribution < -0.4 is 0 Å². The number of aryl methyl sites for hydroxylation is 5. The molecule has 1 saturated heterocycles. The van der Waals surface area contributed by atoms with Gasteiger partial charge in [-0.2, -0.15) is 30.8 Å². The lowest BCUT2D eigenvalue weighted by atomic mass is 9.86. The summed E-state index contributed by atoms with van der Waals surface area (Å²) in [6, 6.07) is 44.1. The number of benzene rings is 2. The normalized spacial score (nSPS) is 18.2. The first kappa shape index (κ1) is 98.6. The van der Waals surface area contributed by atoms with E-state index < -0.39 is 0 Å². The van der Waals surface area contributed by atoms with E-state index in [1.807, 2.05) is 81.8 Å². The molecular formula is C109H148N28. The topological polar surface area (TPSA) is 288 Å². The molecule has 724 valence electrons. The van der Waals surface area contributed by atoms with Crippen molar-refractivity contribution in [1.82, 2.24) is 140 Å². The average molecular weight is 1850 g/mol. The molecule has 12 heterocycles. The number of piperidine rings is 1. The highest BCUT2D eigenvalue weighted by Gasteiger charge is 2.34. The first-order chi connectivity index (χ1) is 67.4. The summed E-state index contributed by atoms with van der Waals surface area (Å²) in [5.41, 5.74) is 24.7. The van der Waals surface area contributed by atoms with Crippen LogP contribution in [-0.4, -0.2) is 187 Å². The number of nitrogens with zero attached hydrogens (tertiary/aromatic N) is 25. The van der Waals surface area contributed by atoms with E-state index in [1.165, 1.54) is 214 Å². The minimum atomic E-state index is 0.360. The third kappa shape index (κ3) is 28.4. The molecule has 2 fully saturated rings. The molecule has 3 N–H and O–H groups in total. The van der Waals surface area contributed by atoms with Gasteiger partial charge in [0.25, 0.3) is 0 Å². The molecule has 2 aromatic carbocycles. The molecule has 0 bridgehead atoms. The maximum atomic E-state index is 4.77. The Morgan fingerprint density at radius 1 is 0.372 bits per heavy atom. The van der Waals surface area contributed by atoms with Crippen LogP contribution in [0, 0.1) is 11.8 Å². The fraction of sp³-hybridized carbons (Fsp3) is 0.523. The first-order valence-corrected chi connectivity index (χ1v) is 51.5. The number of fused-ring (bicyclic) bond motifs is 5. The number of unbranched alkanes of at least 4 members (excludes halogenated alkanes) is 4. The minimum absolute atomic E-state index is 0.360. The summed E-state index contributed by atoms with van der Waals surface area (Å²) in [5.74, 6) is 2.51. The fourth-order valence-corrected chi connectivity index (χ4v) is 21.5. The Kier molecular flexibility index (Phi) is 36.9. The number of likely N-dealkylation sites (tertiary alicyclic amines) is 1. The molecule has 28 heteroatoms. The number of nitrogens with one attached hydrogen (secondary N) is 3. The molecule has 20 rings (SSSR count).